The smallest absolute Gasteiger partial charge is 0.317 e. The Morgan fingerprint density at radius 3 is 2.22 bits per heavy atom. The summed E-state index contributed by atoms with van der Waals surface area (Å²) in [6.45, 7) is 4.96. The highest BCUT2D eigenvalue weighted by Crippen LogP contribution is 2.49. The minimum atomic E-state index is 0.000474. The summed E-state index contributed by atoms with van der Waals surface area (Å²) in [5.41, 5.74) is 0.0321. The van der Waals surface area contributed by atoms with Gasteiger partial charge in [0.05, 0.1) is 5.92 Å². The molecule has 0 aromatic heterocycles. The van der Waals surface area contributed by atoms with Crippen LogP contribution in [0.2, 0.25) is 0 Å². The van der Waals surface area contributed by atoms with Crippen molar-refractivity contribution in [2.75, 3.05) is 46.3 Å². The summed E-state index contributed by atoms with van der Waals surface area (Å²) in [6.07, 6.45) is 10.5. The number of likely N-dealkylation sites (N-methyl/N-ethyl adjacent to an activating group) is 1. The molecular formula is C21H36N4O2. The standard InChI is InChI=1S/C21H36N4O2/c1-23-11-13-24(14-12-23)19(26)18-15-25(16-21(18)9-5-6-10-21)20(27)22-17-7-3-2-4-8-17/h17-18H,2-16H2,1H3,(H,22,27). The van der Waals surface area contributed by atoms with Crippen LogP contribution in [0.15, 0.2) is 0 Å². The maximum atomic E-state index is 13.4. The molecule has 1 N–H and O–H groups in total. The zero-order valence-corrected chi connectivity index (χ0v) is 16.9. The molecule has 6 heteroatoms. The van der Waals surface area contributed by atoms with E-state index in [-0.39, 0.29) is 17.4 Å². The van der Waals surface area contributed by atoms with Gasteiger partial charge in [-0.05, 0) is 32.7 Å². The number of rotatable bonds is 2. The van der Waals surface area contributed by atoms with Crippen molar-refractivity contribution in [3.05, 3.63) is 0 Å². The number of urea groups is 1. The van der Waals surface area contributed by atoms with Crippen LogP contribution in [-0.4, -0.2) is 79.0 Å². The number of nitrogens with zero attached hydrogens (tertiary/aromatic N) is 3. The second kappa shape index (κ2) is 7.98. The number of carbonyl (C=O) groups excluding carboxylic acids is 2. The second-order valence-corrected chi connectivity index (χ2v) is 9.42. The zero-order chi connectivity index (χ0) is 18.9. The maximum absolute atomic E-state index is 13.4. The Labute approximate surface area is 163 Å². The summed E-state index contributed by atoms with van der Waals surface area (Å²) >= 11 is 0. The number of nitrogens with one attached hydrogen (secondary N) is 1. The van der Waals surface area contributed by atoms with Crippen LogP contribution in [0.1, 0.15) is 57.8 Å². The van der Waals surface area contributed by atoms with Crippen molar-refractivity contribution in [3.8, 4) is 0 Å². The van der Waals surface area contributed by atoms with Crippen LogP contribution in [0, 0.1) is 11.3 Å². The van der Waals surface area contributed by atoms with Gasteiger partial charge in [-0.2, -0.15) is 0 Å². The molecule has 6 nitrogen and oxygen atoms in total. The molecule has 2 saturated carbocycles. The average molecular weight is 377 g/mol. The van der Waals surface area contributed by atoms with Crippen molar-refractivity contribution >= 4 is 11.9 Å². The third kappa shape index (κ3) is 3.96. The van der Waals surface area contributed by atoms with Gasteiger partial charge in [-0.15, -0.1) is 0 Å². The highest BCUT2D eigenvalue weighted by atomic mass is 16.2. The SMILES string of the molecule is CN1CCN(C(=O)C2CN(C(=O)NC3CCCCC3)CC23CCCC3)CC1. The van der Waals surface area contributed by atoms with E-state index in [1.54, 1.807) is 0 Å². The summed E-state index contributed by atoms with van der Waals surface area (Å²) < 4.78 is 0. The molecular weight excluding hydrogens is 340 g/mol. The number of carbonyl (C=O) groups is 2. The van der Waals surface area contributed by atoms with Crippen LogP contribution in [-0.2, 0) is 4.79 Å². The van der Waals surface area contributed by atoms with Crippen molar-refractivity contribution in [3.63, 3.8) is 0 Å². The minimum absolute atomic E-state index is 0.000474. The summed E-state index contributed by atoms with van der Waals surface area (Å²) in [5, 5.41) is 3.27. The van der Waals surface area contributed by atoms with E-state index < -0.39 is 0 Å². The molecule has 1 unspecified atom stereocenters. The lowest BCUT2D eigenvalue weighted by Gasteiger charge is -2.37. The molecule has 0 radical (unpaired) electrons. The van der Waals surface area contributed by atoms with Gasteiger partial charge >= 0.3 is 6.03 Å². The Bertz CT molecular complexity index is 546. The quantitative estimate of drug-likeness (QED) is 0.805. The van der Waals surface area contributed by atoms with E-state index in [9.17, 15) is 9.59 Å². The third-order valence-electron chi connectivity index (χ3n) is 7.58. The van der Waals surface area contributed by atoms with Crippen LogP contribution in [0.5, 0.6) is 0 Å². The minimum Gasteiger partial charge on any atom is -0.340 e. The molecule has 3 amide bonds. The lowest BCUT2D eigenvalue weighted by molar-refractivity contribution is -0.139. The van der Waals surface area contributed by atoms with Gasteiger partial charge < -0.3 is 20.0 Å². The van der Waals surface area contributed by atoms with E-state index in [1.807, 2.05) is 4.90 Å². The first-order valence-corrected chi connectivity index (χ1v) is 11.1. The first-order valence-electron chi connectivity index (χ1n) is 11.1. The van der Waals surface area contributed by atoms with Gasteiger partial charge in [-0.1, -0.05) is 32.1 Å². The summed E-state index contributed by atoms with van der Waals surface area (Å²) in [7, 11) is 2.12. The van der Waals surface area contributed by atoms with Crippen molar-refractivity contribution in [1.29, 1.82) is 0 Å². The van der Waals surface area contributed by atoms with Crippen molar-refractivity contribution in [2.45, 2.75) is 63.8 Å². The average Bonchev–Trinajstić information content (AvgIpc) is 3.30. The van der Waals surface area contributed by atoms with Crippen molar-refractivity contribution in [2.24, 2.45) is 11.3 Å². The fraction of sp³-hybridized carbons (Fsp3) is 0.905. The summed E-state index contributed by atoms with van der Waals surface area (Å²) in [4.78, 5) is 32.6. The third-order valence-corrected chi connectivity index (χ3v) is 7.58. The molecule has 2 heterocycles. The fourth-order valence-electron chi connectivity index (χ4n) is 5.81. The number of amides is 3. The number of hydrogen-bond donors (Lipinski definition) is 1. The highest BCUT2D eigenvalue weighted by molar-refractivity contribution is 5.83. The van der Waals surface area contributed by atoms with Gasteiger partial charge in [-0.25, -0.2) is 4.79 Å². The van der Waals surface area contributed by atoms with Crippen molar-refractivity contribution < 1.29 is 9.59 Å². The lowest BCUT2D eigenvalue weighted by atomic mass is 9.76. The molecule has 27 heavy (non-hydrogen) atoms. The van der Waals surface area contributed by atoms with Gasteiger partial charge in [0.1, 0.15) is 0 Å². The molecule has 2 saturated heterocycles. The predicted molar refractivity (Wildman–Crippen MR) is 105 cm³/mol. The molecule has 152 valence electrons. The molecule has 2 aliphatic carbocycles. The molecule has 4 fully saturated rings. The van der Waals surface area contributed by atoms with E-state index in [4.69, 9.17) is 0 Å². The molecule has 4 aliphatic rings. The molecule has 1 atom stereocenters. The first kappa shape index (κ1) is 19.0. The number of hydrogen-bond acceptors (Lipinski definition) is 3. The van der Waals surface area contributed by atoms with Gasteiger partial charge in [0, 0.05) is 50.7 Å². The van der Waals surface area contributed by atoms with E-state index >= 15 is 0 Å². The Balaban J connectivity index is 1.42. The van der Waals surface area contributed by atoms with Crippen LogP contribution in [0.4, 0.5) is 4.79 Å². The number of likely N-dealkylation sites (tertiary alicyclic amines) is 1. The topological polar surface area (TPSA) is 55.9 Å². The van der Waals surface area contributed by atoms with Crippen LogP contribution < -0.4 is 5.32 Å². The van der Waals surface area contributed by atoms with E-state index in [0.717, 1.165) is 58.4 Å². The van der Waals surface area contributed by atoms with E-state index in [1.165, 1.54) is 32.1 Å². The summed E-state index contributed by atoms with van der Waals surface area (Å²) in [6, 6.07) is 0.403. The normalized spacial score (nSPS) is 29.4. The van der Waals surface area contributed by atoms with Gasteiger partial charge in [0.2, 0.25) is 5.91 Å². The Hall–Kier alpha value is -1.30. The van der Waals surface area contributed by atoms with Crippen molar-refractivity contribution in [1.82, 2.24) is 20.0 Å². The predicted octanol–water partition coefficient (Wildman–Crippen LogP) is 2.29. The molecule has 0 aromatic rings. The second-order valence-electron chi connectivity index (χ2n) is 9.42. The van der Waals surface area contributed by atoms with Gasteiger partial charge in [0.25, 0.3) is 0 Å². The molecule has 0 bridgehead atoms. The largest absolute Gasteiger partial charge is 0.340 e. The number of piperazine rings is 1. The lowest BCUT2D eigenvalue weighted by Crippen LogP contribution is -2.51. The summed E-state index contributed by atoms with van der Waals surface area (Å²) in [5.74, 6) is 0.304. The first-order chi connectivity index (χ1) is 13.1. The Kier molecular flexibility index (Phi) is 5.62. The van der Waals surface area contributed by atoms with Gasteiger partial charge in [-0.3, -0.25) is 4.79 Å². The van der Waals surface area contributed by atoms with Gasteiger partial charge in [0.15, 0.2) is 0 Å². The monoisotopic (exact) mass is 376 g/mol. The Morgan fingerprint density at radius 1 is 0.889 bits per heavy atom. The maximum Gasteiger partial charge on any atom is 0.317 e. The van der Waals surface area contributed by atoms with E-state index in [0.29, 0.717) is 18.5 Å². The Morgan fingerprint density at radius 2 is 1.56 bits per heavy atom. The molecule has 4 rings (SSSR count). The van der Waals surface area contributed by atoms with E-state index in [2.05, 4.69) is 22.2 Å². The molecule has 1 spiro atoms. The highest BCUT2D eigenvalue weighted by Gasteiger charge is 2.53. The fourth-order valence-corrected chi connectivity index (χ4v) is 5.81. The van der Waals surface area contributed by atoms with Crippen LogP contribution in [0.25, 0.3) is 0 Å². The van der Waals surface area contributed by atoms with Crippen LogP contribution in [0.3, 0.4) is 0 Å². The molecule has 0 aromatic carbocycles. The molecule has 2 aliphatic heterocycles. The zero-order valence-electron chi connectivity index (χ0n) is 16.9. The van der Waals surface area contributed by atoms with Crippen LogP contribution >= 0.6 is 0 Å².